The van der Waals surface area contributed by atoms with Crippen LogP contribution in [0.3, 0.4) is 0 Å². The molecule has 7 heteroatoms. The van der Waals surface area contributed by atoms with Crippen molar-refractivity contribution in [3.05, 3.63) is 0 Å². The highest BCUT2D eigenvalue weighted by Gasteiger charge is 2.66. The fourth-order valence-electron chi connectivity index (χ4n) is 3.35. The van der Waals surface area contributed by atoms with Crippen molar-refractivity contribution in [1.82, 2.24) is 4.90 Å². The van der Waals surface area contributed by atoms with Crippen LogP contribution in [0.4, 0.5) is 0 Å². The summed E-state index contributed by atoms with van der Waals surface area (Å²) >= 11 is 0. The molecule has 0 aromatic rings. The SMILES string of the molecule is CCN(C(=O)[C@H]1[C@@H](C(=O)O)C1(C)C)C1CCS(=O)(=O)C1. The molecule has 20 heavy (non-hydrogen) atoms. The van der Waals surface area contributed by atoms with E-state index in [1.54, 1.807) is 25.7 Å². The van der Waals surface area contributed by atoms with Gasteiger partial charge >= 0.3 is 5.97 Å². The van der Waals surface area contributed by atoms with Crippen molar-refractivity contribution in [3.8, 4) is 0 Å². The number of aliphatic carboxylic acids is 1. The highest BCUT2D eigenvalue weighted by atomic mass is 32.2. The molecule has 3 atom stereocenters. The van der Waals surface area contributed by atoms with Crippen molar-refractivity contribution < 1.29 is 23.1 Å². The summed E-state index contributed by atoms with van der Waals surface area (Å²) in [6, 6.07) is -0.302. The molecule has 0 spiro atoms. The zero-order valence-electron chi connectivity index (χ0n) is 12.0. The Bertz CT molecular complexity index is 539. The van der Waals surface area contributed by atoms with Crippen LogP contribution in [0, 0.1) is 17.3 Å². The molecule has 0 aromatic heterocycles. The van der Waals surface area contributed by atoms with Crippen molar-refractivity contribution >= 4 is 21.7 Å². The molecule has 2 aliphatic rings. The van der Waals surface area contributed by atoms with Crippen LogP contribution in [0.5, 0.6) is 0 Å². The van der Waals surface area contributed by atoms with Crippen molar-refractivity contribution in [2.24, 2.45) is 17.3 Å². The first-order chi connectivity index (χ1) is 9.12. The van der Waals surface area contributed by atoms with Gasteiger partial charge < -0.3 is 10.0 Å². The lowest BCUT2D eigenvalue weighted by molar-refractivity contribution is -0.142. The van der Waals surface area contributed by atoms with E-state index < -0.39 is 33.1 Å². The minimum absolute atomic E-state index is 0.00251. The molecule has 1 N–H and O–H groups in total. The number of hydrogen-bond donors (Lipinski definition) is 1. The first-order valence-corrected chi connectivity index (χ1v) is 8.67. The first-order valence-electron chi connectivity index (χ1n) is 6.85. The van der Waals surface area contributed by atoms with E-state index in [1.165, 1.54) is 0 Å². The molecule has 1 aliphatic carbocycles. The highest BCUT2D eigenvalue weighted by Crippen LogP contribution is 2.59. The minimum Gasteiger partial charge on any atom is -0.481 e. The van der Waals surface area contributed by atoms with Crippen LogP contribution in [-0.2, 0) is 19.4 Å². The summed E-state index contributed by atoms with van der Waals surface area (Å²) in [5.41, 5.74) is -0.548. The maximum Gasteiger partial charge on any atom is 0.307 e. The lowest BCUT2D eigenvalue weighted by Gasteiger charge is -2.27. The third kappa shape index (κ3) is 2.43. The smallest absolute Gasteiger partial charge is 0.307 e. The second kappa shape index (κ2) is 4.72. The number of carbonyl (C=O) groups excluding carboxylic acids is 1. The van der Waals surface area contributed by atoms with Gasteiger partial charge in [0.05, 0.1) is 23.3 Å². The summed E-state index contributed by atoms with van der Waals surface area (Å²) in [6.45, 7) is 5.76. The van der Waals surface area contributed by atoms with Crippen molar-refractivity contribution in [2.75, 3.05) is 18.1 Å². The average molecular weight is 303 g/mol. The lowest BCUT2D eigenvalue weighted by Crippen LogP contribution is -2.42. The molecule has 2 rings (SSSR count). The molecule has 1 saturated heterocycles. The van der Waals surface area contributed by atoms with Gasteiger partial charge in [0.1, 0.15) is 0 Å². The molecule has 6 nitrogen and oxygen atoms in total. The zero-order chi connectivity index (χ0) is 15.3. The van der Waals surface area contributed by atoms with Gasteiger partial charge in [0.15, 0.2) is 9.84 Å². The molecule has 2 fully saturated rings. The third-order valence-corrected chi connectivity index (χ3v) is 6.38. The first kappa shape index (κ1) is 15.3. The molecule has 0 bridgehead atoms. The van der Waals surface area contributed by atoms with Gasteiger partial charge in [0.2, 0.25) is 5.91 Å². The number of carbonyl (C=O) groups is 2. The van der Waals surface area contributed by atoms with Gasteiger partial charge in [-0.05, 0) is 18.8 Å². The van der Waals surface area contributed by atoms with Gasteiger partial charge in [-0.3, -0.25) is 9.59 Å². The standard InChI is InChI=1S/C13H21NO5S/c1-4-14(8-5-6-20(18,19)7-8)11(15)9-10(12(16)17)13(9,2)3/h8-10H,4-7H2,1-3H3,(H,16,17)/t8?,9-,10+/m1/s1. The van der Waals surface area contributed by atoms with E-state index in [2.05, 4.69) is 0 Å². The predicted octanol–water partition coefficient (Wildman–Crippen LogP) is 0.379. The molecule has 1 aliphatic heterocycles. The molecule has 1 heterocycles. The van der Waals surface area contributed by atoms with Crippen LogP contribution >= 0.6 is 0 Å². The fourth-order valence-corrected chi connectivity index (χ4v) is 5.08. The summed E-state index contributed by atoms with van der Waals surface area (Å²) in [4.78, 5) is 25.2. The third-order valence-electron chi connectivity index (χ3n) is 4.63. The zero-order valence-corrected chi connectivity index (χ0v) is 12.8. The summed E-state index contributed by atoms with van der Waals surface area (Å²) in [5.74, 6) is -2.27. The van der Waals surface area contributed by atoms with Crippen molar-refractivity contribution in [2.45, 2.75) is 33.2 Å². The van der Waals surface area contributed by atoms with Crippen molar-refractivity contribution in [1.29, 1.82) is 0 Å². The van der Waals surface area contributed by atoms with Crippen molar-refractivity contribution in [3.63, 3.8) is 0 Å². The van der Waals surface area contributed by atoms with E-state index in [4.69, 9.17) is 5.11 Å². The van der Waals surface area contributed by atoms with Crippen LogP contribution in [0.2, 0.25) is 0 Å². The van der Waals surface area contributed by atoms with Crippen LogP contribution in [0.15, 0.2) is 0 Å². The number of rotatable bonds is 4. The Labute approximate surface area is 119 Å². The number of sulfone groups is 1. The molecular formula is C13H21NO5S. The van der Waals surface area contributed by atoms with E-state index in [0.717, 1.165) is 0 Å². The number of hydrogen-bond acceptors (Lipinski definition) is 4. The van der Waals surface area contributed by atoms with Crippen LogP contribution in [0.1, 0.15) is 27.2 Å². The molecule has 1 unspecified atom stereocenters. The Balaban J connectivity index is 2.14. The minimum atomic E-state index is -3.06. The summed E-state index contributed by atoms with van der Waals surface area (Å²) in [7, 11) is -3.06. The lowest BCUT2D eigenvalue weighted by atomic mass is 10.1. The average Bonchev–Trinajstić information content (AvgIpc) is 2.72. The largest absolute Gasteiger partial charge is 0.481 e. The van der Waals surface area contributed by atoms with Gasteiger partial charge in [-0.1, -0.05) is 13.8 Å². The number of amides is 1. The maximum atomic E-state index is 12.5. The fraction of sp³-hybridized carbons (Fsp3) is 0.846. The van der Waals surface area contributed by atoms with Crippen LogP contribution in [0.25, 0.3) is 0 Å². The number of carboxylic acids is 1. The monoisotopic (exact) mass is 303 g/mol. The van der Waals surface area contributed by atoms with Gasteiger partial charge in [-0.25, -0.2) is 8.42 Å². The van der Waals surface area contributed by atoms with E-state index in [1.807, 2.05) is 0 Å². The Morgan fingerprint density at radius 3 is 2.25 bits per heavy atom. The van der Waals surface area contributed by atoms with Gasteiger partial charge in [0.25, 0.3) is 0 Å². The van der Waals surface area contributed by atoms with E-state index >= 15 is 0 Å². The molecule has 114 valence electrons. The molecule has 1 saturated carbocycles. The van der Waals surface area contributed by atoms with E-state index in [9.17, 15) is 18.0 Å². The molecule has 0 radical (unpaired) electrons. The number of nitrogens with zero attached hydrogens (tertiary/aromatic N) is 1. The normalized spacial score (nSPS) is 33.6. The summed E-state index contributed by atoms with van der Waals surface area (Å²) < 4.78 is 23.1. The van der Waals surface area contributed by atoms with Gasteiger partial charge in [0, 0.05) is 12.6 Å². The van der Waals surface area contributed by atoms with E-state index in [0.29, 0.717) is 13.0 Å². The second-order valence-electron chi connectivity index (χ2n) is 6.30. The number of carboxylic acid groups (broad SMARTS) is 1. The van der Waals surface area contributed by atoms with Gasteiger partial charge in [-0.2, -0.15) is 0 Å². The van der Waals surface area contributed by atoms with Crippen LogP contribution < -0.4 is 0 Å². The predicted molar refractivity (Wildman–Crippen MR) is 72.8 cm³/mol. The molecular weight excluding hydrogens is 282 g/mol. The summed E-state index contributed by atoms with van der Waals surface area (Å²) in [6.07, 6.45) is 0.451. The maximum absolute atomic E-state index is 12.5. The Morgan fingerprint density at radius 1 is 1.30 bits per heavy atom. The van der Waals surface area contributed by atoms with E-state index in [-0.39, 0.29) is 23.5 Å². The second-order valence-corrected chi connectivity index (χ2v) is 8.52. The molecule has 0 aromatic carbocycles. The Hall–Kier alpha value is -1.11. The summed E-state index contributed by atoms with van der Waals surface area (Å²) in [5, 5.41) is 9.14. The Morgan fingerprint density at radius 2 is 1.90 bits per heavy atom. The molecule has 1 amide bonds. The van der Waals surface area contributed by atoms with Gasteiger partial charge in [-0.15, -0.1) is 0 Å². The quantitative estimate of drug-likeness (QED) is 0.810. The topological polar surface area (TPSA) is 91.8 Å². The van der Waals surface area contributed by atoms with Crippen LogP contribution in [-0.4, -0.2) is 54.4 Å². The Kier molecular flexibility index (Phi) is 3.60. The highest BCUT2D eigenvalue weighted by molar-refractivity contribution is 7.91.